The van der Waals surface area contributed by atoms with Gasteiger partial charge in [0, 0.05) is 13.0 Å². The number of aliphatic hydroxyl groups is 2. The van der Waals surface area contributed by atoms with Gasteiger partial charge in [0.2, 0.25) is 0 Å². The van der Waals surface area contributed by atoms with Crippen molar-refractivity contribution in [3.8, 4) is 0 Å². The lowest BCUT2D eigenvalue weighted by molar-refractivity contribution is -0.111. The molecule has 0 amide bonds. The highest BCUT2D eigenvalue weighted by Gasteiger charge is 2.41. The van der Waals surface area contributed by atoms with Crippen LogP contribution in [0.5, 0.6) is 0 Å². The van der Waals surface area contributed by atoms with E-state index in [2.05, 4.69) is 16.9 Å². The summed E-state index contributed by atoms with van der Waals surface area (Å²) in [5, 5.41) is 22.6. The first-order valence-electron chi connectivity index (χ1n) is 5.28. The molecule has 2 rings (SSSR count). The standard InChI is InChI=1S/C10H16N2O3S/c1-2-3-11-10-12-6-4-7(14)8(5-13)15-9(6)16-10/h2,6-9,13-14H,1,3-5H2,(H,11,12)/t6-,7+,8?,9-/m1/s1. The molecule has 6 heteroatoms. The van der Waals surface area contributed by atoms with Gasteiger partial charge in [0.15, 0.2) is 5.17 Å². The molecular weight excluding hydrogens is 228 g/mol. The third kappa shape index (κ3) is 2.40. The molecule has 0 aromatic heterocycles. The van der Waals surface area contributed by atoms with E-state index in [1.165, 1.54) is 11.8 Å². The van der Waals surface area contributed by atoms with Crippen LogP contribution in [0.1, 0.15) is 6.42 Å². The fourth-order valence-electron chi connectivity index (χ4n) is 1.79. The maximum absolute atomic E-state index is 9.68. The van der Waals surface area contributed by atoms with Crippen molar-refractivity contribution in [2.75, 3.05) is 13.2 Å². The number of amidine groups is 1. The molecule has 0 bridgehead atoms. The molecular formula is C10H16N2O3S. The highest BCUT2D eigenvalue weighted by molar-refractivity contribution is 8.14. The van der Waals surface area contributed by atoms with Crippen molar-refractivity contribution in [3.05, 3.63) is 12.7 Å². The Hall–Kier alpha value is -0.560. The van der Waals surface area contributed by atoms with Gasteiger partial charge in [0.05, 0.1) is 18.8 Å². The van der Waals surface area contributed by atoms with Gasteiger partial charge < -0.3 is 20.3 Å². The first-order valence-corrected chi connectivity index (χ1v) is 6.16. The summed E-state index contributed by atoms with van der Waals surface area (Å²) < 4.78 is 5.56. The number of nitrogens with one attached hydrogen (secondary N) is 1. The zero-order valence-corrected chi connectivity index (χ0v) is 9.69. The first kappa shape index (κ1) is 11.9. The summed E-state index contributed by atoms with van der Waals surface area (Å²) in [6.07, 6.45) is 1.19. The van der Waals surface area contributed by atoms with Gasteiger partial charge in [-0.1, -0.05) is 17.8 Å². The van der Waals surface area contributed by atoms with Gasteiger partial charge >= 0.3 is 0 Å². The maximum Gasteiger partial charge on any atom is 0.159 e. The molecule has 0 aromatic carbocycles. The Balaban J connectivity index is 1.94. The molecule has 1 saturated heterocycles. The van der Waals surface area contributed by atoms with E-state index in [1.807, 2.05) is 0 Å². The molecule has 4 atom stereocenters. The minimum Gasteiger partial charge on any atom is -0.394 e. The molecule has 0 saturated carbocycles. The number of aliphatic imine (C=N–C) groups is 1. The molecule has 1 unspecified atom stereocenters. The Kier molecular flexibility index (Phi) is 3.86. The van der Waals surface area contributed by atoms with Crippen LogP contribution >= 0.6 is 11.8 Å². The molecule has 16 heavy (non-hydrogen) atoms. The third-order valence-corrected chi connectivity index (χ3v) is 3.75. The molecule has 3 N–H and O–H groups in total. The highest BCUT2D eigenvalue weighted by Crippen LogP contribution is 2.35. The van der Waals surface area contributed by atoms with E-state index in [9.17, 15) is 5.11 Å². The van der Waals surface area contributed by atoms with Crippen LogP contribution in [0.2, 0.25) is 0 Å². The average molecular weight is 244 g/mol. The topological polar surface area (TPSA) is 74.1 Å². The van der Waals surface area contributed by atoms with Crippen molar-refractivity contribution >= 4 is 16.9 Å². The van der Waals surface area contributed by atoms with Crippen molar-refractivity contribution in [1.82, 2.24) is 5.32 Å². The number of hydrogen-bond donors (Lipinski definition) is 3. The van der Waals surface area contributed by atoms with Crippen LogP contribution in [0.25, 0.3) is 0 Å². The zero-order chi connectivity index (χ0) is 11.5. The summed E-state index contributed by atoms with van der Waals surface area (Å²) in [6, 6.07) is -0.0184. The van der Waals surface area contributed by atoms with Gasteiger partial charge in [0.1, 0.15) is 11.5 Å². The number of aliphatic hydroxyl groups excluding tert-OH is 2. The summed E-state index contributed by atoms with van der Waals surface area (Å²) in [4.78, 5) is 4.42. The predicted molar refractivity (Wildman–Crippen MR) is 63.4 cm³/mol. The zero-order valence-electron chi connectivity index (χ0n) is 8.87. The second kappa shape index (κ2) is 5.18. The Bertz CT molecular complexity index is 298. The highest BCUT2D eigenvalue weighted by atomic mass is 32.2. The van der Waals surface area contributed by atoms with E-state index in [0.717, 1.165) is 5.17 Å². The third-order valence-electron chi connectivity index (χ3n) is 2.62. The second-order valence-corrected chi connectivity index (χ2v) is 4.90. The monoisotopic (exact) mass is 244 g/mol. The fourth-order valence-corrected chi connectivity index (χ4v) is 2.90. The molecule has 2 aliphatic heterocycles. The Labute approximate surface area is 98.6 Å². The van der Waals surface area contributed by atoms with Crippen LogP contribution < -0.4 is 5.32 Å². The fraction of sp³-hybridized carbons (Fsp3) is 0.700. The number of hydrogen-bond acceptors (Lipinski definition) is 6. The largest absolute Gasteiger partial charge is 0.394 e. The van der Waals surface area contributed by atoms with Gasteiger partial charge in [-0.3, -0.25) is 4.99 Å². The normalized spacial score (nSPS) is 37.8. The van der Waals surface area contributed by atoms with Gasteiger partial charge in [0.25, 0.3) is 0 Å². The molecule has 0 aliphatic carbocycles. The molecule has 0 aromatic rings. The predicted octanol–water partition coefficient (Wildman–Crippen LogP) is -0.298. The minimum absolute atomic E-state index is 0.0184. The van der Waals surface area contributed by atoms with Crippen molar-refractivity contribution in [1.29, 1.82) is 0 Å². The number of nitrogens with zero attached hydrogens (tertiary/aromatic N) is 1. The van der Waals surface area contributed by atoms with Gasteiger partial charge in [-0.2, -0.15) is 0 Å². The Morgan fingerprint density at radius 2 is 2.50 bits per heavy atom. The maximum atomic E-state index is 9.68. The van der Waals surface area contributed by atoms with Crippen LogP contribution in [0.4, 0.5) is 0 Å². The number of thioether (sulfide) groups is 1. The molecule has 1 fully saturated rings. The lowest BCUT2D eigenvalue weighted by atomic mass is 10.0. The molecule has 2 aliphatic rings. The van der Waals surface area contributed by atoms with E-state index in [4.69, 9.17) is 9.84 Å². The molecule has 2 heterocycles. The van der Waals surface area contributed by atoms with Gasteiger partial charge in [-0.15, -0.1) is 6.58 Å². The quantitative estimate of drug-likeness (QED) is 0.595. The van der Waals surface area contributed by atoms with Gasteiger partial charge in [-0.05, 0) is 0 Å². The number of ether oxygens (including phenoxy) is 1. The van der Waals surface area contributed by atoms with Crippen molar-refractivity contribution < 1.29 is 14.9 Å². The van der Waals surface area contributed by atoms with Crippen molar-refractivity contribution in [2.45, 2.75) is 30.1 Å². The summed E-state index contributed by atoms with van der Waals surface area (Å²) in [5.74, 6) is 0. The van der Waals surface area contributed by atoms with E-state index >= 15 is 0 Å². The number of rotatable bonds is 3. The molecule has 5 nitrogen and oxygen atoms in total. The van der Waals surface area contributed by atoms with Crippen LogP contribution in [-0.2, 0) is 4.74 Å². The second-order valence-electron chi connectivity index (χ2n) is 3.82. The smallest absolute Gasteiger partial charge is 0.159 e. The Morgan fingerprint density at radius 1 is 1.69 bits per heavy atom. The first-order chi connectivity index (χ1) is 7.74. The minimum atomic E-state index is -0.630. The van der Waals surface area contributed by atoms with Crippen molar-refractivity contribution in [3.63, 3.8) is 0 Å². The van der Waals surface area contributed by atoms with Gasteiger partial charge in [-0.25, -0.2) is 0 Å². The average Bonchev–Trinajstić information content (AvgIpc) is 2.66. The van der Waals surface area contributed by atoms with Crippen LogP contribution in [0.3, 0.4) is 0 Å². The number of fused-ring (bicyclic) bond motifs is 1. The molecule has 0 radical (unpaired) electrons. The summed E-state index contributed by atoms with van der Waals surface area (Å²) in [7, 11) is 0. The summed E-state index contributed by atoms with van der Waals surface area (Å²) >= 11 is 1.50. The van der Waals surface area contributed by atoms with Crippen LogP contribution in [-0.4, -0.2) is 52.2 Å². The summed E-state index contributed by atoms with van der Waals surface area (Å²) in [6.45, 7) is 4.13. The lowest BCUT2D eigenvalue weighted by Gasteiger charge is -2.33. The Morgan fingerprint density at radius 3 is 3.19 bits per heavy atom. The van der Waals surface area contributed by atoms with Crippen LogP contribution in [0.15, 0.2) is 17.6 Å². The molecule has 0 spiro atoms. The summed E-state index contributed by atoms with van der Waals surface area (Å²) in [5.41, 5.74) is -0.0899. The lowest BCUT2D eigenvalue weighted by Crippen LogP contribution is -2.45. The molecule has 90 valence electrons. The van der Waals surface area contributed by atoms with E-state index in [1.54, 1.807) is 6.08 Å². The van der Waals surface area contributed by atoms with Crippen LogP contribution in [0, 0.1) is 0 Å². The van der Waals surface area contributed by atoms with E-state index in [-0.39, 0.29) is 18.1 Å². The van der Waals surface area contributed by atoms with E-state index in [0.29, 0.717) is 13.0 Å². The SMILES string of the molecule is C=CCNC1=N[C@@H]2C[C@H](O)C(CO)O[C@@H]2S1. The van der Waals surface area contributed by atoms with E-state index < -0.39 is 12.2 Å². The van der Waals surface area contributed by atoms with Crippen molar-refractivity contribution in [2.24, 2.45) is 4.99 Å².